The van der Waals surface area contributed by atoms with Crippen LogP contribution in [0.4, 0.5) is 4.79 Å². The van der Waals surface area contributed by atoms with Gasteiger partial charge in [0.15, 0.2) is 0 Å². The summed E-state index contributed by atoms with van der Waals surface area (Å²) in [5, 5.41) is 17.9. The molecule has 0 saturated carbocycles. The van der Waals surface area contributed by atoms with Gasteiger partial charge in [0.2, 0.25) is 0 Å². The Morgan fingerprint density at radius 2 is 2.04 bits per heavy atom. The molecule has 24 heavy (non-hydrogen) atoms. The summed E-state index contributed by atoms with van der Waals surface area (Å²) >= 11 is 1.46. The van der Waals surface area contributed by atoms with Crippen LogP contribution < -0.4 is 15.4 Å². The van der Waals surface area contributed by atoms with Gasteiger partial charge in [-0.1, -0.05) is 18.2 Å². The molecule has 0 aliphatic rings. The molecular weight excluding hydrogens is 324 g/mol. The fourth-order valence-corrected chi connectivity index (χ4v) is 3.06. The van der Waals surface area contributed by atoms with Gasteiger partial charge >= 0.3 is 6.03 Å². The minimum Gasteiger partial charge on any atom is -0.494 e. The summed E-state index contributed by atoms with van der Waals surface area (Å²) < 4.78 is 5.41. The summed E-state index contributed by atoms with van der Waals surface area (Å²) in [5.74, 6) is 0.810. The summed E-state index contributed by atoms with van der Waals surface area (Å²) in [6.07, 6.45) is 0. The largest absolute Gasteiger partial charge is 0.494 e. The first-order valence-electron chi connectivity index (χ1n) is 7.96. The van der Waals surface area contributed by atoms with Crippen molar-refractivity contribution < 1.29 is 14.6 Å². The third kappa shape index (κ3) is 4.97. The van der Waals surface area contributed by atoms with Gasteiger partial charge in [0.05, 0.1) is 19.2 Å². The van der Waals surface area contributed by atoms with Gasteiger partial charge in [-0.2, -0.15) is 0 Å². The van der Waals surface area contributed by atoms with Crippen molar-refractivity contribution in [2.24, 2.45) is 0 Å². The van der Waals surface area contributed by atoms with E-state index in [0.29, 0.717) is 6.61 Å². The van der Waals surface area contributed by atoms with Crippen molar-refractivity contribution in [1.29, 1.82) is 0 Å². The van der Waals surface area contributed by atoms with Gasteiger partial charge < -0.3 is 20.5 Å². The van der Waals surface area contributed by atoms with E-state index in [1.807, 2.05) is 55.6 Å². The van der Waals surface area contributed by atoms with E-state index in [9.17, 15) is 9.90 Å². The van der Waals surface area contributed by atoms with Crippen molar-refractivity contribution in [1.82, 2.24) is 10.6 Å². The molecule has 0 fully saturated rings. The van der Waals surface area contributed by atoms with E-state index in [2.05, 4.69) is 10.6 Å². The van der Waals surface area contributed by atoms with E-state index < -0.39 is 5.60 Å². The number of carbonyl (C=O) groups is 1. The first-order chi connectivity index (χ1) is 11.4. The Bertz CT molecular complexity index is 639. The summed E-state index contributed by atoms with van der Waals surface area (Å²) in [6.45, 7) is 6.31. The number of carbonyl (C=O) groups excluding carboxylic acids is 1. The van der Waals surface area contributed by atoms with Crippen LogP contribution in [-0.2, 0) is 5.60 Å². The third-order valence-electron chi connectivity index (χ3n) is 3.68. The van der Waals surface area contributed by atoms with Crippen LogP contribution in [0, 0.1) is 0 Å². The number of aliphatic hydroxyl groups is 1. The average Bonchev–Trinajstić information content (AvgIpc) is 3.09. The highest BCUT2D eigenvalue weighted by atomic mass is 32.1. The molecule has 130 valence electrons. The summed E-state index contributed by atoms with van der Waals surface area (Å²) in [5.41, 5.74) is -0.0907. The summed E-state index contributed by atoms with van der Waals surface area (Å²) in [4.78, 5) is 12.9. The van der Waals surface area contributed by atoms with E-state index in [-0.39, 0.29) is 18.6 Å². The van der Waals surface area contributed by atoms with Crippen LogP contribution >= 0.6 is 11.3 Å². The average molecular weight is 348 g/mol. The zero-order valence-electron chi connectivity index (χ0n) is 14.2. The molecule has 2 rings (SSSR count). The maximum atomic E-state index is 12.1. The van der Waals surface area contributed by atoms with Gasteiger partial charge in [-0.05, 0) is 49.9 Å². The SMILES string of the molecule is CCOc1ccc(C(C)NC(=O)NCC(C)(O)c2cccs2)cc1. The molecule has 1 aromatic carbocycles. The molecule has 2 amide bonds. The first-order valence-corrected chi connectivity index (χ1v) is 8.84. The number of ether oxygens (including phenoxy) is 1. The lowest BCUT2D eigenvalue weighted by molar-refractivity contribution is 0.0630. The van der Waals surface area contributed by atoms with Crippen molar-refractivity contribution >= 4 is 17.4 Å². The van der Waals surface area contributed by atoms with Crippen LogP contribution in [0.25, 0.3) is 0 Å². The summed E-state index contributed by atoms with van der Waals surface area (Å²) in [6, 6.07) is 10.9. The number of nitrogens with one attached hydrogen (secondary N) is 2. The third-order valence-corrected chi connectivity index (χ3v) is 4.81. The van der Waals surface area contributed by atoms with Crippen molar-refractivity contribution in [3.8, 4) is 5.75 Å². The van der Waals surface area contributed by atoms with Crippen LogP contribution in [0.15, 0.2) is 41.8 Å². The molecular formula is C18H24N2O3S. The van der Waals surface area contributed by atoms with Crippen molar-refractivity contribution in [2.45, 2.75) is 32.4 Å². The fourth-order valence-electron chi connectivity index (χ4n) is 2.27. The first kappa shape index (κ1) is 18.3. The second-order valence-corrected chi connectivity index (χ2v) is 6.75. The maximum absolute atomic E-state index is 12.1. The van der Waals surface area contributed by atoms with Gasteiger partial charge in [-0.25, -0.2) is 4.79 Å². The standard InChI is InChI=1S/C18H24N2O3S/c1-4-23-15-9-7-14(8-10-15)13(2)20-17(21)19-12-18(3,22)16-6-5-11-24-16/h5-11,13,22H,4,12H2,1-3H3,(H2,19,20,21). The molecule has 2 aromatic rings. The lowest BCUT2D eigenvalue weighted by atomic mass is 10.1. The monoisotopic (exact) mass is 348 g/mol. The molecule has 0 radical (unpaired) electrons. The number of hydrogen-bond acceptors (Lipinski definition) is 4. The highest BCUT2D eigenvalue weighted by molar-refractivity contribution is 7.10. The Morgan fingerprint density at radius 3 is 2.62 bits per heavy atom. The highest BCUT2D eigenvalue weighted by Crippen LogP contribution is 2.24. The van der Waals surface area contributed by atoms with Gasteiger partial charge in [-0.3, -0.25) is 0 Å². The minimum atomic E-state index is -1.08. The maximum Gasteiger partial charge on any atom is 0.315 e. The van der Waals surface area contributed by atoms with Crippen LogP contribution in [0.3, 0.4) is 0 Å². The predicted molar refractivity (Wildman–Crippen MR) is 96.5 cm³/mol. The van der Waals surface area contributed by atoms with Crippen molar-refractivity contribution in [3.05, 3.63) is 52.2 Å². The number of urea groups is 1. The molecule has 5 nitrogen and oxygen atoms in total. The van der Waals surface area contributed by atoms with E-state index in [4.69, 9.17) is 4.74 Å². The smallest absolute Gasteiger partial charge is 0.315 e. The lowest BCUT2D eigenvalue weighted by Gasteiger charge is -2.23. The Hall–Kier alpha value is -2.05. The molecule has 1 heterocycles. The van der Waals surface area contributed by atoms with E-state index in [1.165, 1.54) is 11.3 Å². The van der Waals surface area contributed by atoms with Gasteiger partial charge in [0.25, 0.3) is 0 Å². The highest BCUT2D eigenvalue weighted by Gasteiger charge is 2.25. The second kappa shape index (κ2) is 8.17. The molecule has 0 spiro atoms. The Morgan fingerprint density at radius 1 is 1.33 bits per heavy atom. The number of hydrogen-bond donors (Lipinski definition) is 3. The molecule has 6 heteroatoms. The van der Waals surface area contributed by atoms with Crippen LogP contribution in [0.2, 0.25) is 0 Å². The quantitative estimate of drug-likeness (QED) is 0.718. The predicted octanol–water partition coefficient (Wildman–Crippen LogP) is 3.41. The van der Waals surface area contributed by atoms with Gasteiger partial charge in [0, 0.05) is 4.88 Å². The van der Waals surface area contributed by atoms with Crippen molar-refractivity contribution in [2.75, 3.05) is 13.2 Å². The molecule has 0 aliphatic carbocycles. The van der Waals surface area contributed by atoms with E-state index in [1.54, 1.807) is 6.92 Å². The lowest BCUT2D eigenvalue weighted by Crippen LogP contribution is -2.43. The number of rotatable bonds is 7. The van der Waals surface area contributed by atoms with Crippen LogP contribution in [0.1, 0.15) is 37.3 Å². The molecule has 1 aromatic heterocycles. The number of benzene rings is 1. The second-order valence-electron chi connectivity index (χ2n) is 5.80. The molecule has 0 bridgehead atoms. The minimum absolute atomic E-state index is 0.146. The topological polar surface area (TPSA) is 70.6 Å². The van der Waals surface area contributed by atoms with Crippen LogP contribution in [0.5, 0.6) is 5.75 Å². The van der Waals surface area contributed by atoms with Crippen LogP contribution in [-0.4, -0.2) is 24.3 Å². The Labute approximate surface area is 146 Å². The zero-order chi connectivity index (χ0) is 17.6. The normalized spacial score (nSPS) is 14.5. The Kier molecular flexibility index (Phi) is 6.23. The zero-order valence-corrected chi connectivity index (χ0v) is 15.0. The fraction of sp³-hybridized carbons (Fsp3) is 0.389. The molecule has 3 N–H and O–H groups in total. The number of amides is 2. The molecule has 0 aliphatic heterocycles. The van der Waals surface area contributed by atoms with Gasteiger partial charge in [-0.15, -0.1) is 11.3 Å². The van der Waals surface area contributed by atoms with E-state index in [0.717, 1.165) is 16.2 Å². The molecule has 2 atom stereocenters. The molecule has 0 saturated heterocycles. The Balaban J connectivity index is 1.85. The van der Waals surface area contributed by atoms with Crippen molar-refractivity contribution in [3.63, 3.8) is 0 Å². The van der Waals surface area contributed by atoms with Gasteiger partial charge in [0.1, 0.15) is 11.4 Å². The molecule has 2 unspecified atom stereocenters. The summed E-state index contributed by atoms with van der Waals surface area (Å²) in [7, 11) is 0. The number of thiophene rings is 1. The van der Waals surface area contributed by atoms with E-state index >= 15 is 0 Å².